The number of rotatable bonds is 10. The number of piperazine rings is 1. The minimum atomic E-state index is -3.97. The van der Waals surface area contributed by atoms with Crippen LogP contribution in [-0.4, -0.2) is 56.5 Å². The van der Waals surface area contributed by atoms with E-state index in [1.54, 1.807) is 23.4 Å². The lowest BCUT2D eigenvalue weighted by Crippen LogP contribution is -2.44. The fraction of sp³-hybridized carbons (Fsp3) is 0.323. The summed E-state index contributed by atoms with van der Waals surface area (Å²) in [4.78, 5) is 14.2. The Bertz CT molecular complexity index is 1610. The van der Waals surface area contributed by atoms with E-state index in [0.29, 0.717) is 41.5 Å². The average molecular weight is 562 g/mol. The minimum absolute atomic E-state index is 0.162. The van der Waals surface area contributed by atoms with E-state index in [9.17, 15) is 18.3 Å². The van der Waals surface area contributed by atoms with Crippen molar-refractivity contribution in [2.75, 3.05) is 37.6 Å². The predicted molar refractivity (Wildman–Crippen MR) is 157 cm³/mol. The van der Waals surface area contributed by atoms with Gasteiger partial charge in [0.1, 0.15) is 5.58 Å². The summed E-state index contributed by atoms with van der Waals surface area (Å²) >= 11 is 0. The molecule has 1 fully saturated rings. The van der Waals surface area contributed by atoms with E-state index in [4.69, 9.17) is 4.42 Å². The van der Waals surface area contributed by atoms with Gasteiger partial charge >= 0.3 is 5.97 Å². The minimum Gasteiger partial charge on any atom is -0.475 e. The molecular weight excluding hydrogens is 526 g/mol. The molecule has 4 aromatic rings. The van der Waals surface area contributed by atoms with E-state index < -0.39 is 16.0 Å². The van der Waals surface area contributed by atoms with Crippen molar-refractivity contribution in [1.29, 1.82) is 0 Å². The van der Waals surface area contributed by atoms with E-state index in [-0.39, 0.29) is 17.2 Å². The van der Waals surface area contributed by atoms with Crippen LogP contribution < -0.4 is 10.2 Å². The van der Waals surface area contributed by atoms with Crippen LogP contribution in [0.25, 0.3) is 11.0 Å². The van der Waals surface area contributed by atoms with Gasteiger partial charge in [0.2, 0.25) is 15.8 Å². The maximum atomic E-state index is 14.5. The highest BCUT2D eigenvalue weighted by atomic mass is 32.2. The molecule has 0 unspecified atom stereocenters. The van der Waals surface area contributed by atoms with Crippen molar-refractivity contribution in [1.82, 2.24) is 9.62 Å². The summed E-state index contributed by atoms with van der Waals surface area (Å²) in [6, 6.07) is 21.0. The lowest BCUT2D eigenvalue weighted by molar-refractivity contribution is 0.0664. The number of hydrogen-bond donors (Lipinski definition) is 2. The van der Waals surface area contributed by atoms with Crippen molar-refractivity contribution in [3.63, 3.8) is 0 Å². The number of furan rings is 1. The van der Waals surface area contributed by atoms with E-state index in [2.05, 4.69) is 16.3 Å². The number of carbonyl (C=O) groups is 1. The SMILES string of the molecule is CCc1c(S(=O)(=O)N(CCc2ccccc2)Cc2ccccc2N2CCNCC2)ccc2oc(C(=O)O)c(C)c12. The van der Waals surface area contributed by atoms with Crippen LogP contribution in [0.4, 0.5) is 5.69 Å². The molecular formula is C31H35N3O5S. The summed E-state index contributed by atoms with van der Waals surface area (Å²) in [7, 11) is -3.97. The quantitative estimate of drug-likeness (QED) is 0.285. The first-order valence-corrected chi connectivity index (χ1v) is 15.1. The first-order valence-electron chi connectivity index (χ1n) is 13.7. The third-order valence-corrected chi connectivity index (χ3v) is 9.54. The Morgan fingerprint density at radius 3 is 2.42 bits per heavy atom. The van der Waals surface area contributed by atoms with Crippen LogP contribution in [0.15, 0.2) is 76.0 Å². The predicted octanol–water partition coefficient (Wildman–Crippen LogP) is 4.85. The summed E-state index contributed by atoms with van der Waals surface area (Å²) in [5.41, 5.74) is 4.45. The Balaban J connectivity index is 1.58. The number of aryl methyl sites for hydroxylation is 2. The van der Waals surface area contributed by atoms with Crippen molar-refractivity contribution in [3.8, 4) is 0 Å². The van der Waals surface area contributed by atoms with E-state index >= 15 is 0 Å². The number of hydrogen-bond acceptors (Lipinski definition) is 6. The lowest BCUT2D eigenvalue weighted by Gasteiger charge is -2.32. The Morgan fingerprint density at radius 2 is 1.73 bits per heavy atom. The number of benzene rings is 3. The number of fused-ring (bicyclic) bond motifs is 1. The number of aromatic carboxylic acids is 1. The van der Waals surface area contributed by atoms with Gasteiger partial charge in [-0.3, -0.25) is 0 Å². The molecule has 40 heavy (non-hydrogen) atoms. The molecule has 0 atom stereocenters. The van der Waals surface area contributed by atoms with Gasteiger partial charge in [-0.1, -0.05) is 55.5 Å². The van der Waals surface area contributed by atoms with Crippen LogP contribution in [0.1, 0.15) is 39.7 Å². The highest BCUT2D eigenvalue weighted by molar-refractivity contribution is 7.89. The maximum absolute atomic E-state index is 14.5. The summed E-state index contributed by atoms with van der Waals surface area (Å²) in [5.74, 6) is -1.33. The zero-order valence-electron chi connectivity index (χ0n) is 22.9. The van der Waals surface area contributed by atoms with E-state index in [1.807, 2.05) is 55.5 Å². The maximum Gasteiger partial charge on any atom is 0.372 e. The molecule has 1 aliphatic heterocycles. The van der Waals surface area contributed by atoms with Crippen molar-refractivity contribution in [2.45, 2.75) is 38.1 Å². The van der Waals surface area contributed by atoms with Gasteiger partial charge in [-0.2, -0.15) is 4.31 Å². The van der Waals surface area contributed by atoms with E-state index in [0.717, 1.165) is 43.0 Å². The number of sulfonamides is 1. The van der Waals surface area contributed by atoms with Crippen LogP contribution in [0.5, 0.6) is 0 Å². The monoisotopic (exact) mass is 561 g/mol. The normalized spacial score (nSPS) is 14.2. The molecule has 0 amide bonds. The van der Waals surface area contributed by atoms with Crippen molar-refractivity contribution in [3.05, 3.63) is 94.7 Å². The molecule has 0 saturated carbocycles. The van der Waals surface area contributed by atoms with Gasteiger partial charge in [0.05, 0.1) is 4.90 Å². The largest absolute Gasteiger partial charge is 0.475 e. The molecule has 3 aromatic carbocycles. The van der Waals surface area contributed by atoms with E-state index in [1.165, 1.54) is 0 Å². The third-order valence-electron chi connectivity index (χ3n) is 7.61. The topological polar surface area (TPSA) is 103 Å². The molecule has 8 nitrogen and oxygen atoms in total. The number of nitrogens with one attached hydrogen (secondary N) is 1. The van der Waals surface area contributed by atoms with Gasteiger partial charge in [0, 0.05) is 55.9 Å². The third kappa shape index (κ3) is 5.50. The second-order valence-electron chi connectivity index (χ2n) is 10.1. The van der Waals surface area contributed by atoms with Gasteiger partial charge in [-0.25, -0.2) is 13.2 Å². The van der Waals surface area contributed by atoms with Crippen LogP contribution in [0.3, 0.4) is 0 Å². The second-order valence-corrected chi connectivity index (χ2v) is 12.0. The zero-order chi connectivity index (χ0) is 28.3. The molecule has 1 saturated heterocycles. The fourth-order valence-electron chi connectivity index (χ4n) is 5.57. The molecule has 0 spiro atoms. The molecule has 2 N–H and O–H groups in total. The van der Waals surface area contributed by atoms with Gasteiger partial charge in [0.25, 0.3) is 0 Å². The van der Waals surface area contributed by atoms with Crippen LogP contribution in [-0.2, 0) is 29.4 Å². The van der Waals surface area contributed by atoms with Crippen LogP contribution >= 0.6 is 0 Å². The second kappa shape index (κ2) is 11.8. The summed E-state index contributed by atoms with van der Waals surface area (Å²) in [6.45, 7) is 7.55. The summed E-state index contributed by atoms with van der Waals surface area (Å²) in [6.07, 6.45) is 0.975. The molecule has 1 aliphatic rings. The van der Waals surface area contributed by atoms with Crippen molar-refractivity contribution in [2.24, 2.45) is 0 Å². The Hall–Kier alpha value is -3.66. The summed E-state index contributed by atoms with van der Waals surface area (Å²) in [5, 5.41) is 13.5. The average Bonchev–Trinajstić information content (AvgIpc) is 3.32. The molecule has 5 rings (SSSR count). The van der Waals surface area contributed by atoms with Crippen molar-refractivity contribution >= 4 is 32.6 Å². The van der Waals surface area contributed by atoms with Crippen LogP contribution in [0.2, 0.25) is 0 Å². The van der Waals surface area contributed by atoms with Crippen LogP contribution in [0, 0.1) is 6.92 Å². The van der Waals surface area contributed by atoms with Gasteiger partial charge < -0.3 is 19.7 Å². The molecule has 0 aliphatic carbocycles. The Labute approximate surface area is 235 Å². The molecule has 1 aromatic heterocycles. The fourth-order valence-corrected chi connectivity index (χ4v) is 7.29. The standard InChI is InChI=1S/C31H35N3O5S/c1-3-25-28(14-13-27-29(25)22(2)30(39-27)31(35)36)40(37,38)34(18-15-23-9-5-4-6-10-23)21-24-11-7-8-12-26(24)33-19-16-32-17-20-33/h4-14,32H,3,15-21H2,1-2H3,(H,35,36). The molecule has 0 radical (unpaired) electrons. The van der Waals surface area contributed by atoms with Gasteiger partial charge in [0.15, 0.2) is 0 Å². The van der Waals surface area contributed by atoms with Gasteiger partial charge in [-0.15, -0.1) is 0 Å². The molecule has 2 heterocycles. The smallest absolute Gasteiger partial charge is 0.372 e. The number of carboxylic acid groups (broad SMARTS) is 1. The number of para-hydroxylation sites is 1. The number of carboxylic acids is 1. The Morgan fingerprint density at radius 1 is 1.02 bits per heavy atom. The highest BCUT2D eigenvalue weighted by Gasteiger charge is 2.31. The zero-order valence-corrected chi connectivity index (χ0v) is 23.7. The molecule has 0 bridgehead atoms. The summed E-state index contributed by atoms with van der Waals surface area (Å²) < 4.78 is 36.1. The first-order chi connectivity index (χ1) is 19.3. The van der Waals surface area contributed by atoms with Gasteiger partial charge in [-0.05, 0) is 54.7 Å². The first kappa shape index (κ1) is 27.9. The number of nitrogens with zero attached hydrogens (tertiary/aromatic N) is 2. The molecule has 210 valence electrons. The Kier molecular flexibility index (Phi) is 8.25. The van der Waals surface area contributed by atoms with Crippen molar-refractivity contribution < 1.29 is 22.7 Å². The highest BCUT2D eigenvalue weighted by Crippen LogP contribution is 2.35. The number of anilines is 1. The molecule has 9 heteroatoms. The lowest BCUT2D eigenvalue weighted by atomic mass is 10.0.